The third-order valence-corrected chi connectivity index (χ3v) is 6.97. The summed E-state index contributed by atoms with van der Waals surface area (Å²) in [5, 5.41) is 2.46. The van der Waals surface area contributed by atoms with Gasteiger partial charge in [-0.25, -0.2) is 9.37 Å². The number of thiocarbonyl (C=S) groups is 1. The largest absolute Gasteiger partial charge is 0.409 e. The highest BCUT2D eigenvalue weighted by atomic mass is 32.1. The van der Waals surface area contributed by atoms with E-state index < -0.39 is 40.7 Å². The molecule has 0 atom stereocenters. The van der Waals surface area contributed by atoms with Gasteiger partial charge in [-0.3, -0.25) is 14.5 Å². The van der Waals surface area contributed by atoms with E-state index in [1.165, 1.54) is 37.2 Å². The van der Waals surface area contributed by atoms with Crippen molar-refractivity contribution in [1.82, 2.24) is 20.3 Å². The number of carbonyl (C=O) groups excluding carboxylic acids is 2. The van der Waals surface area contributed by atoms with Gasteiger partial charge in [0.05, 0.1) is 28.6 Å². The minimum atomic E-state index is -4.89. The maximum absolute atomic E-state index is 15.2. The summed E-state index contributed by atoms with van der Waals surface area (Å²) in [6.45, 7) is 9.83. The Morgan fingerprint density at radius 2 is 1.90 bits per heavy atom. The first kappa shape index (κ1) is 27.7. The summed E-state index contributed by atoms with van der Waals surface area (Å²) in [6.07, 6.45) is -2.42. The molecule has 2 aromatic carbocycles. The van der Waals surface area contributed by atoms with Gasteiger partial charge in [-0.15, -0.1) is 4.98 Å². The molecule has 4 aromatic rings. The van der Waals surface area contributed by atoms with Crippen molar-refractivity contribution in [3.63, 3.8) is 0 Å². The molecule has 2 amide bonds. The van der Waals surface area contributed by atoms with Gasteiger partial charge in [-0.2, -0.15) is 13.2 Å². The molecular weight excluding hydrogens is 562 g/mol. The third kappa shape index (κ3) is 4.84. The first-order chi connectivity index (χ1) is 19.3. The molecule has 3 heterocycles. The zero-order chi connectivity index (χ0) is 29.7. The Labute approximate surface area is 235 Å². The van der Waals surface area contributed by atoms with Crippen LogP contribution < -0.4 is 15.1 Å². The molecule has 0 saturated carbocycles. The van der Waals surface area contributed by atoms with E-state index in [4.69, 9.17) is 18.8 Å². The Morgan fingerprint density at radius 3 is 2.59 bits per heavy atom. The third-order valence-electron chi connectivity index (χ3n) is 6.61. The molecule has 1 fully saturated rings. The lowest BCUT2D eigenvalue weighted by Crippen LogP contribution is -2.44. The Kier molecular flexibility index (Phi) is 6.70. The molecule has 0 bridgehead atoms. The highest BCUT2D eigenvalue weighted by molar-refractivity contribution is 7.81. The highest BCUT2D eigenvalue weighted by Crippen LogP contribution is 2.41. The Hall–Kier alpha value is -4.90. The highest BCUT2D eigenvalue weighted by Gasteiger charge is 2.51. The second kappa shape index (κ2) is 9.93. The van der Waals surface area contributed by atoms with Crippen LogP contribution in [0.5, 0.6) is 0 Å². The van der Waals surface area contributed by atoms with E-state index in [0.717, 1.165) is 17.2 Å². The van der Waals surface area contributed by atoms with Crippen molar-refractivity contribution in [2.75, 3.05) is 9.80 Å². The van der Waals surface area contributed by atoms with E-state index in [1.54, 1.807) is 18.2 Å². The zero-order valence-electron chi connectivity index (χ0n) is 21.4. The maximum Gasteiger partial charge on any atom is 0.409 e. The number of anilines is 2. The van der Waals surface area contributed by atoms with Gasteiger partial charge in [-0.05, 0) is 62.5 Å². The van der Waals surface area contributed by atoms with Gasteiger partial charge in [0.2, 0.25) is 0 Å². The van der Waals surface area contributed by atoms with Crippen molar-refractivity contribution >= 4 is 57.4 Å². The number of nitrogens with zero attached hydrogens (tertiary/aromatic N) is 5. The van der Waals surface area contributed by atoms with E-state index in [1.807, 2.05) is 0 Å². The van der Waals surface area contributed by atoms with Crippen molar-refractivity contribution in [3.05, 3.63) is 88.9 Å². The summed E-state index contributed by atoms with van der Waals surface area (Å²) in [5.74, 6) is -2.65. The molecule has 2 aromatic heterocycles. The van der Waals surface area contributed by atoms with Crippen molar-refractivity contribution < 1.29 is 27.2 Å². The standard InChI is InChI=1S/C27H19F4N7O2S/c1-26(2)24(40)37(17-9-18(27(29,30)31)22(32-3)33-12-17)25(41)38(26)16-6-4-15(19(28)10-16)11-34-23(39)14-5-7-20-21(8-14)36-13-35-20/h4-10,12-13H,11H2,1-2H3,(H,34,39)(H,35,36). The fourth-order valence-corrected chi connectivity index (χ4v) is 5.02. The second-order valence-electron chi connectivity index (χ2n) is 9.58. The number of hydrogen-bond acceptors (Lipinski definition) is 5. The first-order valence-corrected chi connectivity index (χ1v) is 12.4. The monoisotopic (exact) mass is 581 g/mol. The summed E-state index contributed by atoms with van der Waals surface area (Å²) >= 11 is 5.47. The van der Waals surface area contributed by atoms with Crippen LogP contribution in [0.25, 0.3) is 15.9 Å². The number of aromatic nitrogens is 3. The van der Waals surface area contributed by atoms with Gasteiger partial charge in [0.25, 0.3) is 17.6 Å². The van der Waals surface area contributed by atoms with Crippen LogP contribution in [-0.2, 0) is 17.5 Å². The van der Waals surface area contributed by atoms with E-state index in [9.17, 15) is 22.8 Å². The molecule has 0 spiro atoms. The molecule has 9 nitrogen and oxygen atoms in total. The topological polar surface area (TPSA) is 98.6 Å². The quantitative estimate of drug-likeness (QED) is 0.183. The zero-order valence-corrected chi connectivity index (χ0v) is 22.2. The number of carbonyl (C=O) groups is 2. The average Bonchev–Trinajstić information content (AvgIpc) is 3.46. The Bertz CT molecular complexity index is 1780. The Balaban J connectivity index is 1.38. The minimum absolute atomic E-state index is 0.135. The molecule has 0 unspecified atom stereocenters. The summed E-state index contributed by atoms with van der Waals surface area (Å²) in [5.41, 5.74) is -0.925. The van der Waals surface area contributed by atoms with Gasteiger partial charge < -0.3 is 20.0 Å². The number of hydrogen-bond donors (Lipinski definition) is 2. The number of alkyl halides is 3. The van der Waals surface area contributed by atoms with Crippen LogP contribution in [0.15, 0.2) is 55.0 Å². The predicted octanol–water partition coefficient (Wildman–Crippen LogP) is 5.51. The number of nitrogens with one attached hydrogen (secondary N) is 2. The molecule has 1 aliphatic rings. The van der Waals surface area contributed by atoms with Crippen LogP contribution in [0.4, 0.5) is 34.8 Å². The van der Waals surface area contributed by atoms with Crippen molar-refractivity contribution in [2.45, 2.75) is 32.1 Å². The number of fused-ring (bicyclic) bond motifs is 1. The molecule has 5 rings (SSSR count). The van der Waals surface area contributed by atoms with Crippen LogP contribution in [0, 0.1) is 12.4 Å². The molecule has 14 heteroatoms. The average molecular weight is 582 g/mol. The lowest BCUT2D eigenvalue weighted by atomic mass is 10.0. The SMILES string of the molecule is [C-]#[N+]c1ncc(N2C(=O)C(C)(C)N(c3ccc(CNC(=O)c4ccc5nc[nH]c5c4)c(F)c3)C2=S)cc1C(F)(F)F. The lowest BCUT2D eigenvalue weighted by Gasteiger charge is -2.29. The van der Waals surface area contributed by atoms with Gasteiger partial charge in [-0.1, -0.05) is 12.6 Å². The number of benzene rings is 2. The molecular formula is C27H19F4N7O2S. The summed E-state index contributed by atoms with van der Waals surface area (Å²) in [6, 6.07) is 9.58. The van der Waals surface area contributed by atoms with Crippen LogP contribution in [0.2, 0.25) is 0 Å². The van der Waals surface area contributed by atoms with Crippen LogP contribution in [-0.4, -0.2) is 37.4 Å². The van der Waals surface area contributed by atoms with Crippen molar-refractivity contribution in [3.8, 4) is 0 Å². The Morgan fingerprint density at radius 1 is 1.15 bits per heavy atom. The normalized spacial score (nSPS) is 15.0. The van der Waals surface area contributed by atoms with Crippen LogP contribution in [0.1, 0.15) is 35.3 Å². The number of amides is 2. The molecule has 0 aliphatic carbocycles. The lowest BCUT2D eigenvalue weighted by molar-refractivity contribution is -0.137. The van der Waals surface area contributed by atoms with Gasteiger partial charge >= 0.3 is 6.18 Å². The number of H-pyrrole nitrogens is 1. The first-order valence-electron chi connectivity index (χ1n) is 12.0. The molecule has 208 valence electrons. The summed E-state index contributed by atoms with van der Waals surface area (Å²) < 4.78 is 55.8. The smallest absolute Gasteiger partial charge is 0.360 e. The van der Waals surface area contributed by atoms with Gasteiger partial charge in [0.15, 0.2) is 5.11 Å². The fraction of sp³-hybridized carbons (Fsp3) is 0.185. The number of imidazole rings is 1. The summed E-state index contributed by atoms with van der Waals surface area (Å²) in [7, 11) is 0. The molecule has 41 heavy (non-hydrogen) atoms. The van der Waals surface area contributed by atoms with E-state index in [-0.39, 0.29) is 28.6 Å². The van der Waals surface area contributed by atoms with Gasteiger partial charge in [0, 0.05) is 23.4 Å². The predicted molar refractivity (Wildman–Crippen MR) is 146 cm³/mol. The van der Waals surface area contributed by atoms with Crippen LogP contribution >= 0.6 is 12.2 Å². The minimum Gasteiger partial charge on any atom is -0.360 e. The maximum atomic E-state index is 15.2. The molecule has 0 radical (unpaired) electrons. The number of rotatable bonds is 5. The molecule has 2 N–H and O–H groups in total. The van der Waals surface area contributed by atoms with E-state index >= 15 is 4.39 Å². The molecule has 1 aliphatic heterocycles. The van der Waals surface area contributed by atoms with E-state index in [2.05, 4.69) is 25.1 Å². The second-order valence-corrected chi connectivity index (χ2v) is 9.95. The number of pyridine rings is 1. The number of aromatic amines is 1. The van der Waals surface area contributed by atoms with Crippen molar-refractivity contribution in [1.29, 1.82) is 0 Å². The van der Waals surface area contributed by atoms with Crippen molar-refractivity contribution in [2.24, 2.45) is 0 Å². The summed E-state index contributed by atoms with van der Waals surface area (Å²) in [4.78, 5) is 41.5. The molecule has 1 saturated heterocycles. The van der Waals surface area contributed by atoms with Gasteiger partial charge in [0.1, 0.15) is 17.6 Å². The fourth-order valence-electron chi connectivity index (χ4n) is 4.50. The number of halogens is 4. The van der Waals surface area contributed by atoms with E-state index in [0.29, 0.717) is 22.7 Å². The van der Waals surface area contributed by atoms with Crippen LogP contribution in [0.3, 0.4) is 0 Å².